The molecule has 8 rings (SSSR count). The van der Waals surface area contributed by atoms with Crippen LogP contribution in [-0.2, 0) is 13.1 Å². The van der Waals surface area contributed by atoms with E-state index in [1.165, 1.54) is 12.0 Å². The summed E-state index contributed by atoms with van der Waals surface area (Å²) in [5, 5.41) is 21.6. The molecule has 0 spiro atoms. The Morgan fingerprint density at radius 3 is 2.86 bits per heavy atom. The van der Waals surface area contributed by atoms with Gasteiger partial charge in [0.15, 0.2) is 0 Å². The van der Waals surface area contributed by atoms with Gasteiger partial charge in [0.1, 0.15) is 11.3 Å². The predicted octanol–water partition coefficient (Wildman–Crippen LogP) is 3.67. The molecule has 9 heteroatoms. The molecule has 1 atom stereocenters. The van der Waals surface area contributed by atoms with Crippen LogP contribution in [0.25, 0.3) is 16.9 Å². The first-order chi connectivity index (χ1) is 18.0. The molecule has 4 aromatic rings. The van der Waals surface area contributed by atoms with Gasteiger partial charge in [0.05, 0.1) is 41.8 Å². The zero-order chi connectivity index (χ0) is 25.0. The number of nitriles is 1. The molecule has 2 bridgehead atoms. The topological polar surface area (TPSA) is 100.0 Å². The highest BCUT2D eigenvalue weighted by molar-refractivity contribution is 5.63. The van der Waals surface area contributed by atoms with Gasteiger partial charge in [-0.05, 0) is 54.7 Å². The van der Waals surface area contributed by atoms with Gasteiger partial charge in [-0.2, -0.15) is 5.26 Å². The smallest absolute Gasteiger partial charge is 0.137 e. The van der Waals surface area contributed by atoms with Gasteiger partial charge in [-0.1, -0.05) is 18.2 Å². The average Bonchev–Trinajstić information content (AvgIpc) is 3.59. The Morgan fingerprint density at radius 1 is 1.16 bits per heavy atom. The van der Waals surface area contributed by atoms with Crippen LogP contribution in [0, 0.1) is 28.1 Å². The van der Waals surface area contributed by atoms with Crippen molar-refractivity contribution in [1.82, 2.24) is 34.7 Å². The number of pyridine rings is 2. The third-order valence-electron chi connectivity index (χ3n) is 8.44. The summed E-state index contributed by atoms with van der Waals surface area (Å²) in [6.45, 7) is 6.82. The van der Waals surface area contributed by atoms with E-state index < -0.39 is 0 Å². The lowest BCUT2D eigenvalue weighted by atomic mass is 9.36. The standard InChI is InChI=1S/C28H31N9/c1-20-4-5-35(10-20)24-6-22(8-30-9-24)25-14-37(34-33-25)13-23-12-36-11-21(2-3-26(36)32-23)7-31-19-28-15-27(16-28,17-28)18-29/h2-3,6,8-9,11-12,14,20,31H,4-5,7,10,13,15-17,19H2,1H3. The van der Waals surface area contributed by atoms with Crippen molar-refractivity contribution < 1.29 is 0 Å². The van der Waals surface area contributed by atoms with E-state index in [0.717, 1.165) is 79.6 Å². The zero-order valence-electron chi connectivity index (χ0n) is 21.1. The number of hydrogen-bond donors (Lipinski definition) is 1. The summed E-state index contributed by atoms with van der Waals surface area (Å²) in [6.07, 6.45) is 14.4. The maximum atomic E-state index is 9.21. The molecule has 1 aliphatic heterocycles. The second kappa shape index (κ2) is 8.38. The normalized spacial score (nSPS) is 26.2. The Kier molecular flexibility index (Phi) is 5.08. The monoisotopic (exact) mass is 493 g/mol. The van der Waals surface area contributed by atoms with Crippen molar-refractivity contribution in [1.29, 1.82) is 5.26 Å². The van der Waals surface area contributed by atoms with Gasteiger partial charge in [-0.25, -0.2) is 9.67 Å². The number of aromatic nitrogens is 6. The Morgan fingerprint density at radius 2 is 2.05 bits per heavy atom. The van der Waals surface area contributed by atoms with Crippen LogP contribution < -0.4 is 10.2 Å². The highest BCUT2D eigenvalue weighted by Crippen LogP contribution is 2.72. The van der Waals surface area contributed by atoms with Gasteiger partial charge >= 0.3 is 0 Å². The van der Waals surface area contributed by atoms with E-state index >= 15 is 0 Å². The number of nitrogens with one attached hydrogen (secondary N) is 1. The highest BCUT2D eigenvalue weighted by Gasteiger charge is 2.67. The lowest BCUT2D eigenvalue weighted by Gasteiger charge is -2.67. The lowest BCUT2D eigenvalue weighted by Crippen LogP contribution is -2.64. The average molecular weight is 494 g/mol. The van der Waals surface area contributed by atoms with Gasteiger partial charge in [-0.3, -0.25) is 4.98 Å². The summed E-state index contributed by atoms with van der Waals surface area (Å²) in [7, 11) is 0. The molecule has 9 nitrogen and oxygen atoms in total. The second-order valence-corrected chi connectivity index (χ2v) is 11.6. The van der Waals surface area contributed by atoms with E-state index in [9.17, 15) is 5.26 Å². The first kappa shape index (κ1) is 22.4. The molecule has 3 saturated carbocycles. The van der Waals surface area contributed by atoms with Crippen LogP contribution in [-0.4, -0.2) is 49.0 Å². The summed E-state index contributed by atoms with van der Waals surface area (Å²) < 4.78 is 3.92. The molecule has 0 amide bonds. The van der Waals surface area contributed by atoms with Crippen LogP contribution in [0.3, 0.4) is 0 Å². The van der Waals surface area contributed by atoms with E-state index in [2.05, 4.69) is 73.5 Å². The van der Waals surface area contributed by atoms with Gasteiger partial charge < -0.3 is 14.6 Å². The van der Waals surface area contributed by atoms with Gasteiger partial charge in [-0.15, -0.1) is 5.10 Å². The number of fused-ring (bicyclic) bond motifs is 1. The molecule has 5 heterocycles. The van der Waals surface area contributed by atoms with Crippen molar-refractivity contribution in [2.75, 3.05) is 24.5 Å². The summed E-state index contributed by atoms with van der Waals surface area (Å²) in [6, 6.07) is 8.85. The summed E-state index contributed by atoms with van der Waals surface area (Å²) >= 11 is 0. The second-order valence-electron chi connectivity index (χ2n) is 11.6. The molecule has 3 aliphatic carbocycles. The zero-order valence-corrected chi connectivity index (χ0v) is 21.1. The minimum Gasteiger partial charge on any atom is -0.370 e. The van der Waals surface area contributed by atoms with Crippen LogP contribution in [0.5, 0.6) is 0 Å². The summed E-state index contributed by atoms with van der Waals surface area (Å²) in [5.74, 6) is 0.720. The molecule has 0 radical (unpaired) electrons. The number of anilines is 1. The first-order valence-corrected chi connectivity index (χ1v) is 13.2. The highest BCUT2D eigenvalue weighted by atomic mass is 15.4. The van der Waals surface area contributed by atoms with Crippen LogP contribution >= 0.6 is 0 Å². The number of hydrogen-bond acceptors (Lipinski definition) is 7. The molecule has 4 aromatic heterocycles. The first-order valence-electron chi connectivity index (χ1n) is 13.2. The minimum absolute atomic E-state index is 0.0198. The van der Waals surface area contributed by atoms with Crippen molar-refractivity contribution in [3.63, 3.8) is 0 Å². The Labute approximate surface area is 216 Å². The maximum absolute atomic E-state index is 9.21. The molecular formula is C28H31N9. The lowest BCUT2D eigenvalue weighted by molar-refractivity contribution is -0.159. The van der Waals surface area contributed by atoms with Crippen molar-refractivity contribution in [2.24, 2.45) is 16.7 Å². The van der Waals surface area contributed by atoms with Crippen molar-refractivity contribution in [3.05, 3.63) is 60.4 Å². The van der Waals surface area contributed by atoms with Gasteiger partial charge in [0.25, 0.3) is 0 Å². The van der Waals surface area contributed by atoms with E-state index in [0.29, 0.717) is 12.0 Å². The summed E-state index contributed by atoms with van der Waals surface area (Å²) in [4.78, 5) is 11.6. The molecular weight excluding hydrogens is 462 g/mol. The molecule has 188 valence electrons. The predicted molar refractivity (Wildman–Crippen MR) is 140 cm³/mol. The largest absolute Gasteiger partial charge is 0.370 e. The van der Waals surface area contributed by atoms with Crippen LogP contribution in [0.4, 0.5) is 5.69 Å². The Balaban J connectivity index is 0.993. The number of rotatable bonds is 8. The van der Waals surface area contributed by atoms with Crippen LogP contribution in [0.15, 0.2) is 49.2 Å². The van der Waals surface area contributed by atoms with E-state index in [1.54, 1.807) is 0 Å². The van der Waals surface area contributed by atoms with E-state index in [4.69, 9.17) is 4.98 Å². The fraction of sp³-hybridized carbons (Fsp3) is 0.464. The quantitative estimate of drug-likeness (QED) is 0.400. The van der Waals surface area contributed by atoms with E-state index in [1.807, 2.05) is 23.3 Å². The maximum Gasteiger partial charge on any atom is 0.137 e. The van der Waals surface area contributed by atoms with Crippen LogP contribution in [0.1, 0.15) is 43.9 Å². The van der Waals surface area contributed by atoms with Crippen LogP contribution in [0.2, 0.25) is 0 Å². The van der Waals surface area contributed by atoms with Crippen molar-refractivity contribution in [2.45, 2.75) is 45.7 Å². The Hall–Kier alpha value is -3.77. The molecule has 37 heavy (non-hydrogen) atoms. The molecule has 4 fully saturated rings. The molecule has 1 unspecified atom stereocenters. The fourth-order valence-electron chi connectivity index (χ4n) is 6.63. The summed E-state index contributed by atoms with van der Waals surface area (Å²) in [5.41, 5.74) is 6.44. The Bertz CT molecular complexity index is 1490. The molecule has 1 N–H and O–H groups in total. The number of imidazole rings is 1. The van der Waals surface area contributed by atoms with Crippen molar-refractivity contribution >= 4 is 11.3 Å². The van der Waals surface area contributed by atoms with E-state index in [-0.39, 0.29) is 5.41 Å². The fourth-order valence-corrected chi connectivity index (χ4v) is 6.63. The number of nitrogens with zero attached hydrogens (tertiary/aromatic N) is 8. The molecule has 0 aromatic carbocycles. The van der Waals surface area contributed by atoms with Gasteiger partial charge in [0, 0.05) is 50.3 Å². The molecule has 1 saturated heterocycles. The SMILES string of the molecule is CC1CCN(c2cncc(-c3cn(Cc4cn5cc(CNCC67CC(C#N)(C6)C7)ccc5n4)nn3)c2)C1. The van der Waals surface area contributed by atoms with Gasteiger partial charge in [0.2, 0.25) is 0 Å². The third kappa shape index (κ3) is 4.05. The van der Waals surface area contributed by atoms with Crippen molar-refractivity contribution in [3.8, 4) is 17.3 Å². The third-order valence-corrected chi connectivity index (χ3v) is 8.44. The minimum atomic E-state index is 0.0198. The molecule has 4 aliphatic rings.